The van der Waals surface area contributed by atoms with Crippen molar-refractivity contribution in [2.45, 2.75) is 0 Å². The van der Waals surface area contributed by atoms with E-state index in [1.165, 1.54) is 0 Å². The van der Waals surface area contributed by atoms with Crippen molar-refractivity contribution in [1.29, 1.82) is 0 Å². The summed E-state index contributed by atoms with van der Waals surface area (Å²) in [5.41, 5.74) is 6.19. The summed E-state index contributed by atoms with van der Waals surface area (Å²) in [6, 6.07) is 0. The number of aromatic amines is 1. The monoisotopic (exact) mass is 236 g/mol. The number of hydrogen-bond acceptors (Lipinski definition) is 7. The maximum absolute atomic E-state index is 9.05. The molecule has 0 saturated carbocycles. The summed E-state index contributed by atoms with van der Waals surface area (Å²) < 4.78 is 5.49. The van der Waals surface area contributed by atoms with Crippen LogP contribution >= 0.6 is 0 Å². The second-order valence-corrected chi connectivity index (χ2v) is 3.72. The minimum absolute atomic E-state index is 0.0403. The van der Waals surface area contributed by atoms with Gasteiger partial charge >= 0.3 is 0 Å². The summed E-state index contributed by atoms with van der Waals surface area (Å²) >= 11 is 0. The molecule has 90 valence electrons. The highest BCUT2D eigenvalue weighted by atomic mass is 16.5. The molecular weight excluding hydrogens is 224 g/mol. The number of aliphatic hydroxyl groups excluding tert-OH is 1. The van der Waals surface area contributed by atoms with Crippen LogP contribution in [-0.2, 0) is 0 Å². The zero-order valence-electron chi connectivity index (χ0n) is 9.05. The van der Waals surface area contributed by atoms with Crippen molar-refractivity contribution in [2.24, 2.45) is 0 Å². The summed E-state index contributed by atoms with van der Waals surface area (Å²) in [7, 11) is 0. The van der Waals surface area contributed by atoms with Crippen LogP contribution in [0, 0.1) is 0 Å². The van der Waals surface area contributed by atoms with E-state index in [9.17, 15) is 0 Å². The van der Waals surface area contributed by atoms with Gasteiger partial charge < -0.3 is 20.5 Å². The Labute approximate surface area is 96.4 Å². The molecule has 2 aromatic heterocycles. The lowest BCUT2D eigenvalue weighted by Gasteiger charge is -2.20. The zero-order valence-corrected chi connectivity index (χ0v) is 9.05. The largest absolute Gasteiger partial charge is 0.474 e. The predicted molar refractivity (Wildman–Crippen MR) is 60.9 cm³/mol. The van der Waals surface area contributed by atoms with Crippen molar-refractivity contribution in [3.8, 4) is 5.88 Å². The van der Waals surface area contributed by atoms with Gasteiger partial charge in [0, 0.05) is 6.54 Å². The first-order chi connectivity index (χ1) is 8.29. The highest BCUT2D eigenvalue weighted by molar-refractivity contribution is 5.93. The third kappa shape index (κ3) is 1.53. The number of nitrogen functional groups attached to an aromatic ring is 1. The van der Waals surface area contributed by atoms with Gasteiger partial charge in [0.25, 0.3) is 0 Å². The van der Waals surface area contributed by atoms with Crippen LogP contribution in [0.3, 0.4) is 0 Å². The number of β-amino-alcohol motifs (C(OH)–C–C–N with tert-alkyl or cyclic N) is 1. The van der Waals surface area contributed by atoms with Crippen LogP contribution in [0.4, 0.5) is 11.8 Å². The van der Waals surface area contributed by atoms with Crippen LogP contribution in [-0.4, -0.2) is 51.6 Å². The summed E-state index contributed by atoms with van der Waals surface area (Å²) in [5, 5.41) is 16.5. The third-order valence-electron chi connectivity index (χ3n) is 2.65. The van der Waals surface area contributed by atoms with Gasteiger partial charge in [-0.3, -0.25) is 5.10 Å². The third-order valence-corrected chi connectivity index (χ3v) is 2.65. The summed E-state index contributed by atoms with van der Waals surface area (Å²) in [6.07, 6.45) is 0. The summed E-state index contributed by atoms with van der Waals surface area (Å²) in [5.74, 6) is 1.31. The van der Waals surface area contributed by atoms with Gasteiger partial charge in [-0.05, 0) is 0 Å². The molecule has 0 spiro atoms. The molecule has 0 aliphatic carbocycles. The quantitative estimate of drug-likeness (QED) is 0.620. The van der Waals surface area contributed by atoms with Crippen LogP contribution in [0.5, 0.6) is 5.88 Å². The fourth-order valence-corrected chi connectivity index (χ4v) is 1.93. The number of hydrogen-bond donors (Lipinski definition) is 3. The van der Waals surface area contributed by atoms with Crippen LogP contribution in [0.2, 0.25) is 0 Å². The second kappa shape index (κ2) is 3.74. The topological polar surface area (TPSA) is 113 Å². The van der Waals surface area contributed by atoms with Gasteiger partial charge in [0.1, 0.15) is 17.8 Å². The van der Waals surface area contributed by atoms with E-state index in [-0.39, 0.29) is 12.6 Å². The van der Waals surface area contributed by atoms with Gasteiger partial charge in [-0.1, -0.05) is 0 Å². The standard InChI is InChI=1S/C9H12N6O2/c10-9-11-6-5-7(12-9)15(1-3-16)2-4-17-8(5)14-13-6/h16H,1-4H2,(H3,10,11,12,13,14). The Kier molecular flexibility index (Phi) is 2.22. The molecular formula is C9H12N6O2. The Morgan fingerprint density at radius 1 is 1.47 bits per heavy atom. The van der Waals surface area contributed by atoms with E-state index in [2.05, 4.69) is 20.2 Å². The molecule has 0 fully saturated rings. The van der Waals surface area contributed by atoms with E-state index in [1.807, 2.05) is 4.90 Å². The van der Waals surface area contributed by atoms with Gasteiger partial charge in [-0.2, -0.15) is 9.97 Å². The normalized spacial score (nSPS) is 14.8. The Hall–Kier alpha value is -2.09. The Morgan fingerprint density at radius 2 is 2.35 bits per heavy atom. The number of rotatable bonds is 2. The number of ether oxygens (including phenoxy) is 1. The molecule has 3 rings (SSSR count). The fourth-order valence-electron chi connectivity index (χ4n) is 1.93. The molecule has 2 aromatic rings. The first-order valence-corrected chi connectivity index (χ1v) is 5.30. The van der Waals surface area contributed by atoms with Gasteiger partial charge in [0.05, 0.1) is 13.2 Å². The second-order valence-electron chi connectivity index (χ2n) is 3.72. The van der Waals surface area contributed by atoms with Gasteiger partial charge in [-0.15, -0.1) is 5.10 Å². The molecule has 0 bridgehead atoms. The van der Waals surface area contributed by atoms with Crippen LogP contribution in [0.1, 0.15) is 0 Å². The molecule has 4 N–H and O–H groups in total. The van der Waals surface area contributed by atoms with Crippen molar-refractivity contribution in [3.63, 3.8) is 0 Å². The van der Waals surface area contributed by atoms with E-state index in [0.29, 0.717) is 42.4 Å². The minimum Gasteiger partial charge on any atom is -0.474 e. The maximum atomic E-state index is 9.05. The number of H-pyrrole nitrogens is 1. The molecule has 17 heavy (non-hydrogen) atoms. The first-order valence-electron chi connectivity index (χ1n) is 5.30. The Morgan fingerprint density at radius 3 is 3.18 bits per heavy atom. The van der Waals surface area contributed by atoms with Crippen LogP contribution in [0.25, 0.3) is 11.0 Å². The SMILES string of the molecule is Nc1nc2c3c(n[nH]c3n1)OCCN2CCO. The van der Waals surface area contributed by atoms with Gasteiger partial charge in [-0.25, -0.2) is 0 Å². The molecule has 0 atom stereocenters. The molecule has 0 unspecified atom stereocenters. The van der Waals surface area contributed by atoms with E-state index in [1.54, 1.807) is 0 Å². The molecule has 8 nitrogen and oxygen atoms in total. The number of aliphatic hydroxyl groups is 1. The highest BCUT2D eigenvalue weighted by Gasteiger charge is 2.23. The van der Waals surface area contributed by atoms with Crippen LogP contribution < -0.4 is 15.4 Å². The van der Waals surface area contributed by atoms with Crippen LogP contribution in [0.15, 0.2) is 0 Å². The zero-order chi connectivity index (χ0) is 11.8. The lowest BCUT2D eigenvalue weighted by Crippen LogP contribution is -2.31. The minimum atomic E-state index is 0.0403. The summed E-state index contributed by atoms with van der Waals surface area (Å²) in [4.78, 5) is 10.2. The highest BCUT2D eigenvalue weighted by Crippen LogP contribution is 2.32. The smallest absolute Gasteiger partial charge is 0.246 e. The number of anilines is 2. The maximum Gasteiger partial charge on any atom is 0.246 e. The molecule has 0 aromatic carbocycles. The molecule has 1 aliphatic rings. The van der Waals surface area contributed by atoms with E-state index >= 15 is 0 Å². The van der Waals surface area contributed by atoms with Gasteiger partial charge in [0.15, 0.2) is 5.65 Å². The first kappa shape index (κ1) is 10.1. The lowest BCUT2D eigenvalue weighted by atomic mass is 10.3. The lowest BCUT2D eigenvalue weighted by molar-refractivity contribution is 0.289. The Bertz CT molecular complexity index is 554. The average Bonchev–Trinajstić information content (AvgIpc) is 2.61. The molecule has 0 amide bonds. The molecule has 1 aliphatic heterocycles. The number of aromatic nitrogens is 4. The molecule has 0 radical (unpaired) electrons. The Balaban J connectivity index is 2.23. The molecule has 8 heteroatoms. The molecule has 0 saturated heterocycles. The van der Waals surface area contributed by atoms with E-state index in [4.69, 9.17) is 15.6 Å². The summed E-state index contributed by atoms with van der Waals surface area (Å²) in [6.45, 7) is 1.62. The van der Waals surface area contributed by atoms with Crippen molar-refractivity contribution >= 4 is 22.8 Å². The van der Waals surface area contributed by atoms with Crippen molar-refractivity contribution in [2.75, 3.05) is 36.9 Å². The van der Waals surface area contributed by atoms with E-state index in [0.717, 1.165) is 0 Å². The van der Waals surface area contributed by atoms with Crippen molar-refractivity contribution < 1.29 is 9.84 Å². The number of nitrogens with two attached hydrogens (primary N) is 1. The van der Waals surface area contributed by atoms with Crippen molar-refractivity contribution in [3.05, 3.63) is 0 Å². The molecule has 3 heterocycles. The number of nitrogens with zero attached hydrogens (tertiary/aromatic N) is 4. The predicted octanol–water partition coefficient (Wildman–Crippen LogP) is -0.874. The van der Waals surface area contributed by atoms with E-state index < -0.39 is 0 Å². The number of nitrogens with one attached hydrogen (secondary N) is 1. The van der Waals surface area contributed by atoms with Crippen molar-refractivity contribution in [1.82, 2.24) is 20.2 Å². The average molecular weight is 236 g/mol. The van der Waals surface area contributed by atoms with Gasteiger partial charge in [0.2, 0.25) is 11.8 Å². The fraction of sp³-hybridized carbons (Fsp3) is 0.444.